The van der Waals surface area contributed by atoms with Crippen molar-refractivity contribution in [2.75, 3.05) is 7.11 Å². The zero-order chi connectivity index (χ0) is 16.3. The third-order valence-corrected chi connectivity index (χ3v) is 2.59. The summed E-state index contributed by atoms with van der Waals surface area (Å²) in [6.45, 7) is 0. The molecule has 0 aliphatic heterocycles. The molecule has 0 N–H and O–H groups in total. The van der Waals surface area contributed by atoms with Gasteiger partial charge in [-0.1, -0.05) is 0 Å². The van der Waals surface area contributed by atoms with Crippen LogP contribution in [-0.4, -0.2) is 18.1 Å². The summed E-state index contributed by atoms with van der Waals surface area (Å²) in [6.07, 6.45) is -4.73. The van der Waals surface area contributed by atoms with Crippen LogP contribution in [0.5, 0.6) is 11.6 Å². The predicted octanol–water partition coefficient (Wildman–Crippen LogP) is 3.82. The van der Waals surface area contributed by atoms with Gasteiger partial charge in [-0.3, -0.25) is 0 Å². The van der Waals surface area contributed by atoms with Crippen LogP contribution in [0.3, 0.4) is 0 Å². The van der Waals surface area contributed by atoms with Crippen molar-refractivity contribution in [1.82, 2.24) is 4.98 Å². The Morgan fingerprint density at radius 3 is 2.27 bits per heavy atom. The van der Waals surface area contributed by atoms with Gasteiger partial charge in [-0.2, -0.15) is 13.2 Å². The van der Waals surface area contributed by atoms with E-state index in [-0.39, 0.29) is 11.4 Å². The molecule has 0 atom stereocenters. The number of halogens is 4. The monoisotopic (exact) mass is 315 g/mol. The van der Waals surface area contributed by atoms with Crippen molar-refractivity contribution in [3.63, 3.8) is 0 Å². The Morgan fingerprint density at radius 1 is 1.09 bits per heavy atom. The summed E-state index contributed by atoms with van der Waals surface area (Å²) < 4.78 is 61.0. The van der Waals surface area contributed by atoms with E-state index in [1.165, 1.54) is 0 Å². The third-order valence-electron chi connectivity index (χ3n) is 2.59. The number of aromatic nitrogens is 1. The molecule has 2 rings (SSSR count). The van der Waals surface area contributed by atoms with E-state index in [4.69, 9.17) is 4.74 Å². The van der Waals surface area contributed by atoms with Gasteiger partial charge in [0.15, 0.2) is 5.69 Å². The largest absolute Gasteiger partial charge is 0.464 e. The van der Waals surface area contributed by atoms with Crippen molar-refractivity contribution < 1.29 is 31.8 Å². The van der Waals surface area contributed by atoms with Crippen molar-refractivity contribution in [3.8, 4) is 11.6 Å². The fraction of sp³-hybridized carbons (Fsp3) is 0.143. The number of alkyl halides is 3. The molecule has 0 saturated heterocycles. The van der Waals surface area contributed by atoms with Gasteiger partial charge in [-0.15, -0.1) is 0 Å². The molecule has 0 spiro atoms. The van der Waals surface area contributed by atoms with Gasteiger partial charge in [0.25, 0.3) is 0 Å². The second kappa shape index (κ2) is 6.00. The molecule has 116 valence electrons. The number of esters is 1. The highest BCUT2D eigenvalue weighted by atomic mass is 19.4. The quantitative estimate of drug-likeness (QED) is 0.638. The van der Waals surface area contributed by atoms with Crippen molar-refractivity contribution in [3.05, 3.63) is 53.5 Å². The molecule has 0 unspecified atom stereocenters. The SMILES string of the molecule is COC(=O)c1ccc(C(F)(F)F)c(Oc2ccc(F)cc2)n1. The van der Waals surface area contributed by atoms with Crippen LogP contribution in [0.4, 0.5) is 17.6 Å². The Labute approximate surface area is 122 Å². The molecule has 4 nitrogen and oxygen atoms in total. The van der Waals surface area contributed by atoms with Crippen molar-refractivity contribution >= 4 is 5.97 Å². The molecule has 1 aromatic heterocycles. The van der Waals surface area contributed by atoms with Crippen LogP contribution in [0.15, 0.2) is 36.4 Å². The highest BCUT2D eigenvalue weighted by Gasteiger charge is 2.36. The highest BCUT2D eigenvalue weighted by molar-refractivity contribution is 5.87. The molecule has 0 saturated carbocycles. The number of carbonyl (C=O) groups excluding carboxylic acids is 1. The van der Waals surface area contributed by atoms with Crippen LogP contribution in [-0.2, 0) is 10.9 Å². The molecular weight excluding hydrogens is 306 g/mol. The molecule has 0 radical (unpaired) electrons. The fourth-order valence-corrected chi connectivity index (χ4v) is 1.57. The maximum Gasteiger partial charge on any atom is 0.421 e. The van der Waals surface area contributed by atoms with Crippen LogP contribution in [0.25, 0.3) is 0 Å². The van der Waals surface area contributed by atoms with Crippen molar-refractivity contribution in [2.45, 2.75) is 6.18 Å². The lowest BCUT2D eigenvalue weighted by molar-refractivity contribution is -0.138. The van der Waals surface area contributed by atoms with Gasteiger partial charge in [0, 0.05) is 0 Å². The van der Waals surface area contributed by atoms with Crippen LogP contribution in [0.1, 0.15) is 16.1 Å². The van der Waals surface area contributed by atoms with Gasteiger partial charge in [0.2, 0.25) is 5.88 Å². The first-order chi connectivity index (χ1) is 10.3. The van der Waals surface area contributed by atoms with Gasteiger partial charge in [-0.05, 0) is 36.4 Å². The lowest BCUT2D eigenvalue weighted by Crippen LogP contribution is -2.12. The predicted molar refractivity (Wildman–Crippen MR) is 67.1 cm³/mol. The van der Waals surface area contributed by atoms with Crippen molar-refractivity contribution in [2.24, 2.45) is 0 Å². The summed E-state index contributed by atoms with van der Waals surface area (Å²) >= 11 is 0. The van der Waals surface area contributed by atoms with Gasteiger partial charge in [0.1, 0.15) is 17.1 Å². The normalized spacial score (nSPS) is 11.1. The summed E-state index contributed by atoms with van der Waals surface area (Å²) in [5.74, 6) is -2.35. The first-order valence-corrected chi connectivity index (χ1v) is 5.91. The van der Waals surface area contributed by atoms with E-state index in [2.05, 4.69) is 9.72 Å². The molecular formula is C14H9F4NO3. The van der Waals surface area contributed by atoms with E-state index in [0.29, 0.717) is 6.07 Å². The molecule has 22 heavy (non-hydrogen) atoms. The Morgan fingerprint density at radius 2 is 1.73 bits per heavy atom. The number of hydrogen-bond acceptors (Lipinski definition) is 4. The Kier molecular flexibility index (Phi) is 4.30. The first-order valence-electron chi connectivity index (χ1n) is 5.91. The summed E-state index contributed by atoms with van der Waals surface area (Å²) in [5, 5.41) is 0. The fourth-order valence-electron chi connectivity index (χ4n) is 1.57. The molecule has 0 bridgehead atoms. The van der Waals surface area contributed by atoms with Crippen LogP contribution < -0.4 is 4.74 Å². The smallest absolute Gasteiger partial charge is 0.421 e. The van der Waals surface area contributed by atoms with E-state index >= 15 is 0 Å². The standard InChI is InChI=1S/C14H9F4NO3/c1-21-13(20)11-7-6-10(14(16,17)18)12(19-11)22-9-4-2-8(15)3-5-9/h2-7H,1H3. The lowest BCUT2D eigenvalue weighted by atomic mass is 10.2. The topological polar surface area (TPSA) is 48.4 Å². The molecule has 1 heterocycles. The van der Waals surface area contributed by atoms with Crippen LogP contribution >= 0.6 is 0 Å². The number of methoxy groups -OCH3 is 1. The second-order valence-corrected chi connectivity index (χ2v) is 4.09. The molecule has 0 fully saturated rings. The summed E-state index contributed by atoms with van der Waals surface area (Å²) in [4.78, 5) is 14.9. The molecule has 0 amide bonds. The summed E-state index contributed by atoms with van der Waals surface area (Å²) in [7, 11) is 1.07. The zero-order valence-corrected chi connectivity index (χ0v) is 11.1. The Hall–Kier alpha value is -2.64. The number of carbonyl (C=O) groups is 1. The minimum Gasteiger partial charge on any atom is -0.464 e. The Bertz CT molecular complexity index is 683. The molecule has 2 aromatic rings. The molecule has 0 aliphatic carbocycles. The number of hydrogen-bond donors (Lipinski definition) is 0. The maximum absolute atomic E-state index is 12.9. The van der Waals surface area contributed by atoms with Gasteiger partial charge < -0.3 is 9.47 Å². The van der Waals surface area contributed by atoms with Crippen LogP contribution in [0, 0.1) is 5.82 Å². The van der Waals surface area contributed by atoms with E-state index in [1.54, 1.807) is 0 Å². The number of nitrogens with zero attached hydrogens (tertiary/aromatic N) is 1. The summed E-state index contributed by atoms with van der Waals surface area (Å²) in [6, 6.07) is 5.87. The lowest BCUT2D eigenvalue weighted by Gasteiger charge is -2.13. The average molecular weight is 315 g/mol. The van der Waals surface area contributed by atoms with Gasteiger partial charge >= 0.3 is 12.1 Å². The Balaban J connectivity index is 2.45. The summed E-state index contributed by atoms with van der Waals surface area (Å²) in [5.41, 5.74) is -1.50. The second-order valence-electron chi connectivity index (χ2n) is 4.09. The first kappa shape index (κ1) is 15.7. The minimum atomic E-state index is -4.73. The zero-order valence-electron chi connectivity index (χ0n) is 11.1. The van der Waals surface area contributed by atoms with Crippen molar-refractivity contribution in [1.29, 1.82) is 0 Å². The molecule has 8 heteroatoms. The highest BCUT2D eigenvalue weighted by Crippen LogP contribution is 2.37. The number of benzene rings is 1. The number of pyridine rings is 1. The average Bonchev–Trinajstić information content (AvgIpc) is 2.47. The van der Waals surface area contributed by atoms with E-state index in [1.807, 2.05) is 0 Å². The van der Waals surface area contributed by atoms with E-state index in [9.17, 15) is 22.4 Å². The molecule has 0 aliphatic rings. The third kappa shape index (κ3) is 3.51. The minimum absolute atomic E-state index is 0.0542. The van der Waals surface area contributed by atoms with E-state index < -0.39 is 29.4 Å². The number of ether oxygens (including phenoxy) is 2. The maximum atomic E-state index is 12.9. The number of rotatable bonds is 3. The van der Waals surface area contributed by atoms with Gasteiger partial charge in [0.05, 0.1) is 7.11 Å². The van der Waals surface area contributed by atoms with Gasteiger partial charge in [-0.25, -0.2) is 14.2 Å². The van der Waals surface area contributed by atoms with E-state index in [0.717, 1.165) is 37.4 Å². The molecule has 1 aromatic carbocycles. The van der Waals surface area contributed by atoms with Crippen LogP contribution in [0.2, 0.25) is 0 Å².